The minimum atomic E-state index is 0.0889. The third-order valence-electron chi connectivity index (χ3n) is 4.72. The van der Waals surface area contributed by atoms with Crippen molar-refractivity contribution >= 4 is 27.5 Å². The second-order valence-electron chi connectivity index (χ2n) is 6.21. The lowest BCUT2D eigenvalue weighted by Crippen LogP contribution is -3.14. The molecule has 136 valence electrons. The first kappa shape index (κ1) is 18.0. The summed E-state index contributed by atoms with van der Waals surface area (Å²) in [4.78, 5) is 27.0. The van der Waals surface area contributed by atoms with Gasteiger partial charge in [-0.25, -0.2) is 4.98 Å². The summed E-state index contributed by atoms with van der Waals surface area (Å²) in [6.07, 6.45) is 0. The van der Waals surface area contributed by atoms with Crippen molar-refractivity contribution in [1.82, 2.24) is 14.9 Å². The highest BCUT2D eigenvalue weighted by atomic mass is 32.1. The zero-order valence-electron chi connectivity index (χ0n) is 15.2. The molecule has 2 aromatic heterocycles. The molecule has 0 aromatic carbocycles. The summed E-state index contributed by atoms with van der Waals surface area (Å²) in [5.41, 5.74) is 0.899. The summed E-state index contributed by atoms with van der Waals surface area (Å²) in [5.74, 6) is 1.16. The third kappa shape index (κ3) is 3.47. The quantitative estimate of drug-likeness (QED) is 0.836. The number of thiophene rings is 1. The van der Waals surface area contributed by atoms with Crippen LogP contribution in [0.15, 0.2) is 0 Å². The van der Waals surface area contributed by atoms with Crippen LogP contribution in [0.25, 0.3) is 10.2 Å². The van der Waals surface area contributed by atoms with Gasteiger partial charge in [-0.1, -0.05) is 0 Å². The molecule has 0 aliphatic carbocycles. The molecule has 0 bridgehead atoms. The maximum atomic E-state index is 13.0. The van der Waals surface area contributed by atoms with Crippen molar-refractivity contribution in [3.05, 3.63) is 16.3 Å². The van der Waals surface area contributed by atoms with Gasteiger partial charge in [0.05, 0.1) is 50.1 Å². The molecular weight excluding hydrogens is 340 g/mol. The van der Waals surface area contributed by atoms with Crippen LogP contribution in [0.3, 0.4) is 0 Å². The van der Waals surface area contributed by atoms with Crippen molar-refractivity contribution in [2.24, 2.45) is 0 Å². The third-order valence-corrected chi connectivity index (χ3v) is 5.90. The Bertz CT molecular complexity index is 769. The van der Waals surface area contributed by atoms with Gasteiger partial charge in [-0.05, 0) is 19.4 Å². The Kier molecular flexibility index (Phi) is 5.51. The molecule has 1 N–H and O–H groups in total. The van der Waals surface area contributed by atoms with Gasteiger partial charge < -0.3 is 19.3 Å². The number of likely N-dealkylation sites (N-methyl/N-ethyl adjacent to an activating group) is 1. The maximum absolute atomic E-state index is 13.0. The first-order chi connectivity index (χ1) is 12.1. The Morgan fingerprint density at radius 3 is 2.60 bits per heavy atom. The second kappa shape index (κ2) is 7.63. The molecule has 1 fully saturated rings. The van der Waals surface area contributed by atoms with Crippen LogP contribution < -0.4 is 9.64 Å². The standard InChI is InChI=1S/C17H24N4O3S/c1-5-20-6-8-21(9-7-20)17(22)14-11(2)13-15(24-4)18-12(10-23-3)19-16(13)25-14/h5-10H2,1-4H3/p+1. The second-order valence-corrected chi connectivity index (χ2v) is 7.21. The topological polar surface area (TPSA) is 69.0 Å². The van der Waals surface area contributed by atoms with E-state index in [9.17, 15) is 4.79 Å². The average molecular weight is 365 g/mol. The minimum Gasteiger partial charge on any atom is -0.480 e. The molecule has 0 radical (unpaired) electrons. The van der Waals surface area contributed by atoms with Crippen LogP contribution in [0.4, 0.5) is 0 Å². The Balaban J connectivity index is 1.94. The van der Waals surface area contributed by atoms with Crippen molar-refractivity contribution in [3.63, 3.8) is 0 Å². The van der Waals surface area contributed by atoms with Crippen LogP contribution in [0.1, 0.15) is 28.0 Å². The number of amides is 1. The molecular formula is C17H25N4O3S+. The van der Waals surface area contributed by atoms with E-state index in [0.29, 0.717) is 18.3 Å². The van der Waals surface area contributed by atoms with Crippen molar-refractivity contribution in [2.45, 2.75) is 20.5 Å². The van der Waals surface area contributed by atoms with Crippen molar-refractivity contribution in [2.75, 3.05) is 46.9 Å². The van der Waals surface area contributed by atoms with E-state index in [0.717, 1.165) is 53.4 Å². The minimum absolute atomic E-state index is 0.0889. The van der Waals surface area contributed by atoms with E-state index < -0.39 is 0 Å². The molecule has 3 rings (SSSR count). The molecule has 1 saturated heterocycles. The summed E-state index contributed by atoms with van der Waals surface area (Å²) in [6, 6.07) is 0. The number of ether oxygens (including phenoxy) is 2. The van der Waals surface area contributed by atoms with Crippen molar-refractivity contribution in [1.29, 1.82) is 0 Å². The highest BCUT2D eigenvalue weighted by molar-refractivity contribution is 7.20. The van der Waals surface area contributed by atoms with E-state index >= 15 is 0 Å². The maximum Gasteiger partial charge on any atom is 0.264 e. The van der Waals surface area contributed by atoms with Crippen LogP contribution in [0.2, 0.25) is 0 Å². The highest BCUT2D eigenvalue weighted by Gasteiger charge is 2.28. The predicted molar refractivity (Wildman–Crippen MR) is 96.6 cm³/mol. The zero-order valence-corrected chi connectivity index (χ0v) is 16.0. The first-order valence-electron chi connectivity index (χ1n) is 8.54. The van der Waals surface area contributed by atoms with Gasteiger partial charge >= 0.3 is 0 Å². The fourth-order valence-corrected chi connectivity index (χ4v) is 4.37. The Hall–Kier alpha value is -1.77. The molecule has 25 heavy (non-hydrogen) atoms. The molecule has 1 aliphatic rings. The lowest BCUT2D eigenvalue weighted by Gasteiger charge is -2.31. The molecule has 0 saturated carbocycles. The van der Waals surface area contributed by atoms with Crippen molar-refractivity contribution in [3.8, 4) is 5.88 Å². The molecule has 1 amide bonds. The van der Waals surface area contributed by atoms with Crippen LogP contribution in [-0.4, -0.2) is 67.7 Å². The van der Waals surface area contributed by atoms with E-state index in [1.807, 2.05) is 11.8 Å². The van der Waals surface area contributed by atoms with Gasteiger partial charge in [0.25, 0.3) is 5.91 Å². The Morgan fingerprint density at radius 2 is 2.00 bits per heavy atom. The average Bonchev–Trinajstić information content (AvgIpc) is 2.97. The lowest BCUT2D eigenvalue weighted by molar-refractivity contribution is -0.902. The number of fused-ring (bicyclic) bond motifs is 1. The highest BCUT2D eigenvalue weighted by Crippen LogP contribution is 2.35. The van der Waals surface area contributed by atoms with Gasteiger partial charge in [-0.15, -0.1) is 11.3 Å². The monoisotopic (exact) mass is 365 g/mol. The molecule has 3 heterocycles. The van der Waals surface area contributed by atoms with Gasteiger partial charge in [-0.2, -0.15) is 4.98 Å². The normalized spacial score (nSPS) is 15.8. The Morgan fingerprint density at radius 1 is 1.28 bits per heavy atom. The molecule has 1 aliphatic heterocycles. The van der Waals surface area contributed by atoms with Crippen LogP contribution in [0, 0.1) is 6.92 Å². The predicted octanol–water partition coefficient (Wildman–Crippen LogP) is 0.515. The number of hydrogen-bond acceptors (Lipinski definition) is 6. The first-order valence-corrected chi connectivity index (χ1v) is 9.36. The number of carbonyl (C=O) groups excluding carboxylic acids is 1. The number of methoxy groups -OCH3 is 2. The number of carbonyl (C=O) groups is 1. The van der Waals surface area contributed by atoms with E-state index in [2.05, 4.69) is 16.9 Å². The fourth-order valence-electron chi connectivity index (χ4n) is 3.21. The van der Waals surface area contributed by atoms with E-state index in [-0.39, 0.29) is 5.91 Å². The summed E-state index contributed by atoms with van der Waals surface area (Å²) in [7, 11) is 3.19. The fraction of sp³-hybridized carbons (Fsp3) is 0.588. The number of nitrogens with one attached hydrogen (secondary N) is 1. The molecule has 0 unspecified atom stereocenters. The van der Waals surface area contributed by atoms with Crippen LogP contribution in [-0.2, 0) is 11.3 Å². The molecule has 2 aromatic rings. The van der Waals surface area contributed by atoms with E-state index in [1.165, 1.54) is 11.3 Å². The number of quaternary nitrogens is 1. The van der Waals surface area contributed by atoms with Crippen LogP contribution in [0.5, 0.6) is 5.88 Å². The van der Waals surface area contributed by atoms with Gasteiger partial charge in [0, 0.05) is 7.11 Å². The number of hydrogen-bond donors (Lipinski definition) is 1. The lowest BCUT2D eigenvalue weighted by atomic mass is 10.2. The summed E-state index contributed by atoms with van der Waals surface area (Å²) >= 11 is 1.42. The van der Waals surface area contributed by atoms with Crippen molar-refractivity contribution < 1.29 is 19.2 Å². The summed E-state index contributed by atoms with van der Waals surface area (Å²) < 4.78 is 10.6. The van der Waals surface area contributed by atoms with E-state index in [4.69, 9.17) is 9.47 Å². The molecule has 8 heteroatoms. The number of nitrogens with zero attached hydrogens (tertiary/aromatic N) is 3. The number of piperazine rings is 1. The number of aryl methyl sites for hydroxylation is 1. The van der Waals surface area contributed by atoms with Gasteiger partial charge in [-0.3, -0.25) is 4.79 Å². The molecule has 7 nitrogen and oxygen atoms in total. The van der Waals surface area contributed by atoms with Crippen LogP contribution >= 0.6 is 11.3 Å². The van der Waals surface area contributed by atoms with E-state index in [1.54, 1.807) is 19.1 Å². The largest absolute Gasteiger partial charge is 0.480 e. The SMILES string of the molecule is CC[NH+]1CCN(C(=O)c2sc3nc(COC)nc(OC)c3c2C)CC1. The Labute approximate surface area is 151 Å². The van der Waals surface area contributed by atoms with Gasteiger partial charge in [0.2, 0.25) is 5.88 Å². The number of rotatable bonds is 5. The van der Waals surface area contributed by atoms with Gasteiger partial charge in [0.1, 0.15) is 11.4 Å². The summed E-state index contributed by atoms with van der Waals surface area (Å²) in [6.45, 7) is 9.17. The number of aromatic nitrogens is 2. The smallest absolute Gasteiger partial charge is 0.264 e. The molecule has 0 spiro atoms. The molecule has 0 atom stereocenters. The van der Waals surface area contributed by atoms with Gasteiger partial charge in [0.15, 0.2) is 5.82 Å². The zero-order chi connectivity index (χ0) is 18.0. The summed E-state index contributed by atoms with van der Waals surface area (Å²) in [5, 5.41) is 0.827.